The highest BCUT2D eigenvalue weighted by Gasteiger charge is 2.42. The Bertz CT molecular complexity index is 1330. The van der Waals surface area contributed by atoms with Crippen molar-refractivity contribution >= 4 is 5.91 Å². The molecule has 0 aliphatic carbocycles. The Hall–Kier alpha value is -3.27. The van der Waals surface area contributed by atoms with Crippen LogP contribution in [0.4, 0.5) is 8.78 Å². The third-order valence-electron chi connectivity index (χ3n) is 7.73. The molecule has 1 saturated heterocycles. The summed E-state index contributed by atoms with van der Waals surface area (Å²) in [6.07, 6.45) is 7.18. The highest BCUT2D eigenvalue weighted by molar-refractivity contribution is 5.77. The molecule has 1 fully saturated rings. The fourth-order valence-corrected chi connectivity index (χ4v) is 5.60. The Morgan fingerprint density at radius 2 is 1.92 bits per heavy atom. The molecule has 1 unspecified atom stereocenters. The molecule has 1 amide bonds. The number of hydrogen-bond donors (Lipinski definition) is 1. The minimum Gasteiger partial charge on any atom is -0.390 e. The molecule has 0 bridgehead atoms. The Balaban J connectivity index is 1.30. The smallest absolute Gasteiger partial charge is 0.226 e. The van der Waals surface area contributed by atoms with Crippen molar-refractivity contribution in [3.05, 3.63) is 94.6 Å². The number of piperidine rings is 1. The first-order valence-electron chi connectivity index (χ1n) is 13.2. The highest BCUT2D eigenvalue weighted by Crippen LogP contribution is 2.43. The summed E-state index contributed by atoms with van der Waals surface area (Å²) in [5.41, 5.74) is 2.91. The van der Waals surface area contributed by atoms with Gasteiger partial charge in [-0.1, -0.05) is 12.1 Å². The van der Waals surface area contributed by atoms with Crippen molar-refractivity contribution in [1.82, 2.24) is 19.8 Å². The molecule has 4 heterocycles. The number of pyridine rings is 2. The predicted molar refractivity (Wildman–Crippen MR) is 141 cm³/mol. The number of likely N-dealkylation sites (tertiary alicyclic amines) is 1. The molecule has 1 aromatic carbocycles. The van der Waals surface area contributed by atoms with Gasteiger partial charge in [-0.3, -0.25) is 19.7 Å². The SMILES string of the molecule is CN(C(=O)CC(C)(C)O)C(c1ccc(F)c(F)c1)c1ccc(CN2CCC3(CC2)OCc2ccncc23)cn1. The first-order valence-corrected chi connectivity index (χ1v) is 13.2. The molecular weight excluding hydrogens is 502 g/mol. The monoisotopic (exact) mass is 536 g/mol. The van der Waals surface area contributed by atoms with E-state index in [1.54, 1.807) is 27.1 Å². The molecule has 5 rings (SSSR count). The summed E-state index contributed by atoms with van der Waals surface area (Å²) < 4.78 is 34.1. The van der Waals surface area contributed by atoms with Gasteiger partial charge < -0.3 is 14.7 Å². The van der Waals surface area contributed by atoms with Crippen molar-refractivity contribution in [3.63, 3.8) is 0 Å². The maximum atomic E-state index is 14.2. The maximum absolute atomic E-state index is 14.2. The van der Waals surface area contributed by atoms with E-state index in [4.69, 9.17) is 4.74 Å². The van der Waals surface area contributed by atoms with Crippen molar-refractivity contribution in [2.45, 2.75) is 63.5 Å². The number of aliphatic hydroxyl groups is 1. The molecule has 1 atom stereocenters. The fourth-order valence-electron chi connectivity index (χ4n) is 5.60. The number of benzene rings is 1. The number of nitrogens with zero attached hydrogens (tertiary/aromatic N) is 4. The molecule has 2 aliphatic rings. The van der Waals surface area contributed by atoms with Crippen LogP contribution in [0.25, 0.3) is 0 Å². The number of carbonyl (C=O) groups is 1. The number of fused-ring (bicyclic) bond motifs is 2. The van der Waals surface area contributed by atoms with Crippen LogP contribution in [0.1, 0.15) is 67.1 Å². The van der Waals surface area contributed by atoms with Gasteiger partial charge in [-0.25, -0.2) is 8.78 Å². The number of hydrogen-bond acceptors (Lipinski definition) is 6. The summed E-state index contributed by atoms with van der Waals surface area (Å²) in [6.45, 7) is 6.20. The average Bonchev–Trinajstić information content (AvgIpc) is 3.26. The topological polar surface area (TPSA) is 78.8 Å². The predicted octanol–water partition coefficient (Wildman–Crippen LogP) is 4.49. The molecule has 0 saturated carbocycles. The Kier molecular flexibility index (Phi) is 7.50. The second-order valence-corrected chi connectivity index (χ2v) is 11.3. The van der Waals surface area contributed by atoms with Crippen LogP contribution in [-0.4, -0.2) is 56.5 Å². The van der Waals surface area contributed by atoms with E-state index in [0.29, 0.717) is 24.4 Å². The van der Waals surface area contributed by atoms with Gasteiger partial charge in [0.25, 0.3) is 0 Å². The molecule has 39 heavy (non-hydrogen) atoms. The lowest BCUT2D eigenvalue weighted by molar-refractivity contribution is -0.135. The Morgan fingerprint density at radius 3 is 2.59 bits per heavy atom. The molecule has 2 aromatic heterocycles. The van der Waals surface area contributed by atoms with Crippen molar-refractivity contribution in [1.29, 1.82) is 0 Å². The second kappa shape index (κ2) is 10.7. The molecule has 9 heteroatoms. The molecule has 206 valence electrons. The molecule has 3 aromatic rings. The maximum Gasteiger partial charge on any atom is 0.226 e. The first-order chi connectivity index (χ1) is 18.5. The molecule has 1 spiro atoms. The number of aromatic nitrogens is 2. The van der Waals surface area contributed by atoms with Crippen LogP contribution < -0.4 is 0 Å². The Labute approximate surface area is 227 Å². The minimum absolute atomic E-state index is 0.123. The minimum atomic E-state index is -1.21. The molecular formula is C30H34F2N4O3. The largest absolute Gasteiger partial charge is 0.390 e. The van der Waals surface area contributed by atoms with Gasteiger partial charge in [0, 0.05) is 50.8 Å². The van der Waals surface area contributed by atoms with E-state index in [1.807, 2.05) is 30.6 Å². The number of halogens is 2. The lowest BCUT2D eigenvalue weighted by Gasteiger charge is -2.39. The van der Waals surface area contributed by atoms with Crippen LogP contribution in [-0.2, 0) is 28.3 Å². The fraction of sp³-hybridized carbons (Fsp3) is 0.433. The van der Waals surface area contributed by atoms with Gasteiger partial charge in [-0.15, -0.1) is 0 Å². The van der Waals surface area contributed by atoms with E-state index in [0.717, 1.165) is 43.6 Å². The summed E-state index contributed by atoms with van der Waals surface area (Å²) in [5, 5.41) is 10.2. The third kappa shape index (κ3) is 5.85. The molecule has 0 radical (unpaired) electrons. The summed E-state index contributed by atoms with van der Waals surface area (Å²) in [6, 6.07) is 8.66. The van der Waals surface area contributed by atoms with Gasteiger partial charge in [0.2, 0.25) is 5.91 Å². The van der Waals surface area contributed by atoms with Crippen molar-refractivity contribution in [2.75, 3.05) is 20.1 Å². The molecule has 2 aliphatic heterocycles. The van der Waals surface area contributed by atoms with Gasteiger partial charge in [0.1, 0.15) is 0 Å². The van der Waals surface area contributed by atoms with Crippen LogP contribution in [0.5, 0.6) is 0 Å². The van der Waals surface area contributed by atoms with Crippen molar-refractivity contribution in [2.24, 2.45) is 0 Å². The van der Waals surface area contributed by atoms with Gasteiger partial charge in [-0.2, -0.15) is 0 Å². The number of amides is 1. The lowest BCUT2D eigenvalue weighted by atomic mass is 9.84. The quantitative estimate of drug-likeness (QED) is 0.480. The normalized spacial score (nSPS) is 17.7. The number of ether oxygens (including phenoxy) is 1. The van der Waals surface area contributed by atoms with Crippen LogP contribution in [0.2, 0.25) is 0 Å². The van der Waals surface area contributed by atoms with E-state index in [-0.39, 0.29) is 17.9 Å². The summed E-state index contributed by atoms with van der Waals surface area (Å²) in [5.74, 6) is -2.29. The van der Waals surface area contributed by atoms with E-state index < -0.39 is 23.3 Å². The zero-order valence-electron chi connectivity index (χ0n) is 22.5. The number of carbonyl (C=O) groups excluding carboxylic acids is 1. The van der Waals surface area contributed by atoms with E-state index in [1.165, 1.54) is 22.1 Å². The standard InChI is InChI=1S/C30H34F2N4O3/c1-29(2,38)15-27(37)35(3)28(21-5-6-24(31)25(32)14-21)26-7-4-20(16-34-26)18-36-12-9-30(10-13-36)23-17-33-11-8-22(23)19-39-30/h4-8,11,14,16-17,28,38H,9-10,12-13,15,18-19H2,1-3H3. The molecule has 1 N–H and O–H groups in total. The van der Waals surface area contributed by atoms with Gasteiger partial charge in [-0.05, 0) is 67.6 Å². The van der Waals surface area contributed by atoms with E-state index in [9.17, 15) is 18.7 Å². The van der Waals surface area contributed by atoms with Crippen molar-refractivity contribution < 1.29 is 23.4 Å². The van der Waals surface area contributed by atoms with Crippen LogP contribution in [0.3, 0.4) is 0 Å². The summed E-state index contributed by atoms with van der Waals surface area (Å²) >= 11 is 0. The van der Waals surface area contributed by atoms with Gasteiger partial charge in [0.15, 0.2) is 11.6 Å². The second-order valence-electron chi connectivity index (χ2n) is 11.3. The summed E-state index contributed by atoms with van der Waals surface area (Å²) in [7, 11) is 1.58. The average molecular weight is 537 g/mol. The zero-order valence-corrected chi connectivity index (χ0v) is 22.5. The first kappa shape index (κ1) is 27.3. The number of rotatable bonds is 7. The van der Waals surface area contributed by atoms with E-state index >= 15 is 0 Å². The lowest BCUT2D eigenvalue weighted by Crippen LogP contribution is -2.42. The van der Waals surface area contributed by atoms with Crippen LogP contribution in [0, 0.1) is 11.6 Å². The van der Waals surface area contributed by atoms with Gasteiger partial charge >= 0.3 is 0 Å². The highest BCUT2D eigenvalue weighted by atomic mass is 19.2. The third-order valence-corrected chi connectivity index (χ3v) is 7.73. The van der Waals surface area contributed by atoms with Crippen LogP contribution in [0.15, 0.2) is 55.0 Å². The zero-order chi connectivity index (χ0) is 27.8. The van der Waals surface area contributed by atoms with E-state index in [2.05, 4.69) is 14.9 Å². The van der Waals surface area contributed by atoms with Gasteiger partial charge in [0.05, 0.1) is 36.0 Å². The molecule has 7 nitrogen and oxygen atoms in total. The van der Waals surface area contributed by atoms with Crippen LogP contribution >= 0.6 is 0 Å². The summed E-state index contributed by atoms with van der Waals surface area (Å²) in [4.78, 5) is 25.7. The van der Waals surface area contributed by atoms with Crippen molar-refractivity contribution in [3.8, 4) is 0 Å². The Morgan fingerprint density at radius 1 is 1.15 bits per heavy atom.